The van der Waals surface area contributed by atoms with E-state index in [0.29, 0.717) is 11.7 Å². The normalized spacial score (nSPS) is 19.0. The van der Waals surface area contributed by atoms with Gasteiger partial charge in [-0.05, 0) is 48.9 Å². The molecule has 1 aromatic heterocycles. The standard InChI is InChI=1S/C17H22N4/c1-11-9-15(17(18)20-10-11)16(21-19)14-8-4-6-12-5-2-3-7-13(12)14/h2-3,5,7,9-10,14,16,21H,4,6,8,19H2,1H3,(H2,18,20). The first-order chi connectivity index (χ1) is 10.2. The number of benzene rings is 1. The van der Waals surface area contributed by atoms with E-state index in [9.17, 15) is 0 Å². The van der Waals surface area contributed by atoms with Crippen LogP contribution in [-0.2, 0) is 6.42 Å². The van der Waals surface area contributed by atoms with Crippen LogP contribution in [0.15, 0.2) is 36.5 Å². The van der Waals surface area contributed by atoms with Crippen LogP contribution in [-0.4, -0.2) is 4.98 Å². The molecule has 2 atom stereocenters. The Hall–Kier alpha value is -1.91. The third kappa shape index (κ3) is 2.64. The summed E-state index contributed by atoms with van der Waals surface area (Å²) in [5.41, 5.74) is 14.0. The molecule has 110 valence electrons. The number of fused-ring (bicyclic) bond motifs is 1. The molecule has 5 N–H and O–H groups in total. The van der Waals surface area contributed by atoms with Crippen molar-refractivity contribution < 1.29 is 0 Å². The minimum absolute atomic E-state index is 0.00106. The van der Waals surface area contributed by atoms with Crippen LogP contribution in [0.1, 0.15) is 47.1 Å². The van der Waals surface area contributed by atoms with Crippen molar-refractivity contribution in [2.45, 2.75) is 38.1 Å². The van der Waals surface area contributed by atoms with Gasteiger partial charge in [0.15, 0.2) is 0 Å². The lowest BCUT2D eigenvalue weighted by Crippen LogP contribution is -2.34. The van der Waals surface area contributed by atoms with E-state index in [0.717, 1.165) is 24.0 Å². The molecule has 1 heterocycles. The van der Waals surface area contributed by atoms with Crippen molar-refractivity contribution in [1.82, 2.24) is 10.4 Å². The summed E-state index contributed by atoms with van der Waals surface area (Å²) < 4.78 is 0. The number of aromatic nitrogens is 1. The third-order valence-corrected chi connectivity index (χ3v) is 4.42. The summed E-state index contributed by atoms with van der Waals surface area (Å²) in [5.74, 6) is 6.78. The smallest absolute Gasteiger partial charge is 0.128 e. The van der Waals surface area contributed by atoms with Crippen molar-refractivity contribution in [1.29, 1.82) is 0 Å². The van der Waals surface area contributed by atoms with Crippen LogP contribution < -0.4 is 17.0 Å². The molecule has 0 saturated carbocycles. The van der Waals surface area contributed by atoms with Crippen molar-refractivity contribution in [3.63, 3.8) is 0 Å². The second-order valence-electron chi connectivity index (χ2n) is 5.83. The summed E-state index contributed by atoms with van der Waals surface area (Å²) in [5, 5.41) is 0. The number of rotatable bonds is 3. The number of aryl methyl sites for hydroxylation is 2. The fourth-order valence-corrected chi connectivity index (χ4v) is 3.41. The molecule has 2 aromatic rings. The molecule has 1 aromatic carbocycles. The number of hydrogen-bond donors (Lipinski definition) is 3. The first-order valence-electron chi connectivity index (χ1n) is 7.46. The molecule has 1 aliphatic rings. The van der Waals surface area contributed by atoms with Gasteiger partial charge in [-0.2, -0.15) is 0 Å². The molecule has 0 amide bonds. The van der Waals surface area contributed by atoms with Crippen LogP contribution >= 0.6 is 0 Å². The SMILES string of the molecule is Cc1cnc(N)c(C(NN)C2CCCc3ccccc32)c1. The first kappa shape index (κ1) is 14.0. The molecule has 0 saturated heterocycles. The van der Waals surface area contributed by atoms with Gasteiger partial charge in [0, 0.05) is 17.7 Å². The Morgan fingerprint density at radius 1 is 1.33 bits per heavy atom. The van der Waals surface area contributed by atoms with Gasteiger partial charge in [-0.25, -0.2) is 4.98 Å². The summed E-state index contributed by atoms with van der Waals surface area (Å²) in [7, 11) is 0. The largest absolute Gasteiger partial charge is 0.383 e. The molecule has 21 heavy (non-hydrogen) atoms. The fraction of sp³-hybridized carbons (Fsp3) is 0.353. The van der Waals surface area contributed by atoms with Gasteiger partial charge in [0.2, 0.25) is 0 Å². The van der Waals surface area contributed by atoms with Crippen molar-refractivity contribution >= 4 is 5.82 Å². The van der Waals surface area contributed by atoms with Crippen molar-refractivity contribution in [2.75, 3.05) is 5.73 Å². The van der Waals surface area contributed by atoms with E-state index in [1.165, 1.54) is 17.5 Å². The van der Waals surface area contributed by atoms with E-state index in [2.05, 4.69) is 40.7 Å². The highest BCUT2D eigenvalue weighted by molar-refractivity contribution is 5.46. The lowest BCUT2D eigenvalue weighted by molar-refractivity contribution is 0.408. The number of pyridine rings is 1. The van der Waals surface area contributed by atoms with E-state index >= 15 is 0 Å². The van der Waals surface area contributed by atoms with E-state index in [-0.39, 0.29) is 6.04 Å². The number of nitrogen functional groups attached to an aromatic ring is 1. The van der Waals surface area contributed by atoms with Crippen LogP contribution in [0.4, 0.5) is 5.82 Å². The third-order valence-electron chi connectivity index (χ3n) is 4.42. The Balaban J connectivity index is 2.03. The molecular weight excluding hydrogens is 260 g/mol. The van der Waals surface area contributed by atoms with Crippen LogP contribution in [0.2, 0.25) is 0 Å². The number of hydrogen-bond acceptors (Lipinski definition) is 4. The van der Waals surface area contributed by atoms with Crippen LogP contribution in [0.25, 0.3) is 0 Å². The molecule has 0 aliphatic heterocycles. The van der Waals surface area contributed by atoms with E-state index in [4.69, 9.17) is 11.6 Å². The molecule has 0 radical (unpaired) electrons. The second-order valence-corrected chi connectivity index (χ2v) is 5.83. The molecule has 2 unspecified atom stereocenters. The lowest BCUT2D eigenvalue weighted by atomic mass is 9.77. The van der Waals surface area contributed by atoms with E-state index in [1.807, 2.05) is 6.92 Å². The van der Waals surface area contributed by atoms with Crippen LogP contribution in [0.3, 0.4) is 0 Å². The summed E-state index contributed by atoms with van der Waals surface area (Å²) >= 11 is 0. The number of nitrogens with one attached hydrogen (secondary N) is 1. The van der Waals surface area contributed by atoms with Gasteiger partial charge in [-0.3, -0.25) is 11.3 Å². The Morgan fingerprint density at radius 3 is 2.95 bits per heavy atom. The predicted octanol–water partition coefficient (Wildman–Crippen LogP) is 2.60. The van der Waals surface area contributed by atoms with Crippen molar-refractivity contribution in [2.24, 2.45) is 5.84 Å². The molecule has 0 spiro atoms. The first-order valence-corrected chi connectivity index (χ1v) is 7.46. The van der Waals surface area contributed by atoms with Crippen LogP contribution in [0.5, 0.6) is 0 Å². The maximum Gasteiger partial charge on any atom is 0.128 e. The maximum atomic E-state index is 6.09. The van der Waals surface area contributed by atoms with Crippen molar-refractivity contribution in [3.05, 3.63) is 58.8 Å². The average Bonchev–Trinajstić information content (AvgIpc) is 2.51. The van der Waals surface area contributed by atoms with Gasteiger partial charge in [0.25, 0.3) is 0 Å². The highest BCUT2D eigenvalue weighted by Gasteiger charge is 2.29. The Morgan fingerprint density at radius 2 is 2.14 bits per heavy atom. The quantitative estimate of drug-likeness (QED) is 0.597. The number of nitrogens with zero attached hydrogens (tertiary/aromatic N) is 1. The van der Waals surface area contributed by atoms with Gasteiger partial charge < -0.3 is 5.73 Å². The van der Waals surface area contributed by atoms with Gasteiger partial charge >= 0.3 is 0 Å². The summed E-state index contributed by atoms with van der Waals surface area (Å²) in [6.07, 6.45) is 5.23. The zero-order valence-electron chi connectivity index (χ0n) is 12.3. The number of hydrazine groups is 1. The van der Waals surface area contributed by atoms with Gasteiger partial charge in [-0.1, -0.05) is 24.3 Å². The number of anilines is 1. The zero-order chi connectivity index (χ0) is 14.8. The van der Waals surface area contributed by atoms with Gasteiger partial charge in [0.05, 0.1) is 6.04 Å². The highest BCUT2D eigenvalue weighted by Crippen LogP contribution is 2.41. The lowest BCUT2D eigenvalue weighted by Gasteiger charge is -2.32. The molecule has 0 bridgehead atoms. The van der Waals surface area contributed by atoms with E-state index < -0.39 is 0 Å². The summed E-state index contributed by atoms with van der Waals surface area (Å²) in [6, 6.07) is 10.7. The molecule has 4 heteroatoms. The monoisotopic (exact) mass is 282 g/mol. The Kier molecular flexibility index (Phi) is 3.90. The Bertz CT molecular complexity index is 638. The minimum Gasteiger partial charge on any atom is -0.383 e. The van der Waals surface area contributed by atoms with E-state index in [1.54, 1.807) is 6.20 Å². The average molecular weight is 282 g/mol. The maximum absolute atomic E-state index is 6.09. The predicted molar refractivity (Wildman–Crippen MR) is 85.6 cm³/mol. The fourth-order valence-electron chi connectivity index (χ4n) is 3.41. The van der Waals surface area contributed by atoms with Crippen molar-refractivity contribution in [3.8, 4) is 0 Å². The summed E-state index contributed by atoms with van der Waals surface area (Å²) in [4.78, 5) is 4.28. The second kappa shape index (κ2) is 5.84. The van der Waals surface area contributed by atoms with Gasteiger partial charge in [0.1, 0.15) is 5.82 Å². The molecule has 3 rings (SSSR count). The topological polar surface area (TPSA) is 77.0 Å². The minimum atomic E-state index is -0.00106. The van der Waals surface area contributed by atoms with Gasteiger partial charge in [-0.15, -0.1) is 0 Å². The molecule has 4 nitrogen and oxygen atoms in total. The Labute approximate surface area is 125 Å². The molecular formula is C17H22N4. The number of nitrogens with two attached hydrogens (primary N) is 2. The highest BCUT2D eigenvalue weighted by atomic mass is 15.2. The molecule has 0 fully saturated rings. The zero-order valence-corrected chi connectivity index (χ0v) is 12.3. The molecule has 1 aliphatic carbocycles. The summed E-state index contributed by atoms with van der Waals surface area (Å²) in [6.45, 7) is 2.03. The van der Waals surface area contributed by atoms with Crippen LogP contribution in [0, 0.1) is 6.92 Å².